The molecule has 8 nitrogen and oxygen atoms in total. The Labute approximate surface area is 168 Å². The average Bonchev–Trinajstić information content (AvgIpc) is 2.72. The second kappa shape index (κ2) is 8.72. The summed E-state index contributed by atoms with van der Waals surface area (Å²) in [5, 5.41) is 13.6. The fourth-order valence-corrected chi connectivity index (χ4v) is 3.37. The van der Waals surface area contributed by atoms with Crippen molar-refractivity contribution in [1.82, 2.24) is 0 Å². The third kappa shape index (κ3) is 4.71. The number of carbonyl (C=O) groups excluding carboxylic acids is 2. The van der Waals surface area contributed by atoms with Crippen LogP contribution < -0.4 is 10.1 Å². The number of nitro benzene ring substituents is 1. The number of nitrogens with zero attached hydrogens (tertiary/aromatic N) is 1. The number of amides is 1. The van der Waals surface area contributed by atoms with Gasteiger partial charge in [-0.25, -0.2) is 4.79 Å². The van der Waals surface area contributed by atoms with Crippen LogP contribution in [0.3, 0.4) is 0 Å². The summed E-state index contributed by atoms with van der Waals surface area (Å²) >= 11 is 0. The second-order valence-corrected chi connectivity index (χ2v) is 6.91. The summed E-state index contributed by atoms with van der Waals surface area (Å²) < 4.78 is 10.1. The van der Waals surface area contributed by atoms with Crippen molar-refractivity contribution in [3.8, 4) is 5.75 Å². The van der Waals surface area contributed by atoms with Gasteiger partial charge in [0.15, 0.2) is 12.4 Å². The maximum Gasteiger partial charge on any atom is 0.338 e. The monoisotopic (exact) mass is 398 g/mol. The average molecular weight is 398 g/mol. The first-order valence-electron chi connectivity index (χ1n) is 9.31. The molecule has 0 heterocycles. The fraction of sp³-hybridized carbons (Fsp3) is 0.333. The van der Waals surface area contributed by atoms with Gasteiger partial charge in [-0.1, -0.05) is 6.07 Å². The van der Waals surface area contributed by atoms with E-state index in [1.54, 1.807) is 13.0 Å². The van der Waals surface area contributed by atoms with Crippen LogP contribution in [-0.4, -0.2) is 30.5 Å². The minimum absolute atomic E-state index is 0.0296. The highest BCUT2D eigenvalue weighted by Gasteiger charge is 2.19. The Balaban J connectivity index is 1.63. The van der Waals surface area contributed by atoms with E-state index in [9.17, 15) is 19.7 Å². The second-order valence-electron chi connectivity index (χ2n) is 6.91. The number of esters is 1. The summed E-state index contributed by atoms with van der Waals surface area (Å²) in [6.45, 7) is 1.16. The summed E-state index contributed by atoms with van der Waals surface area (Å²) in [6, 6.07) is 8.18. The number of hydrogen-bond acceptors (Lipinski definition) is 6. The lowest BCUT2D eigenvalue weighted by molar-refractivity contribution is -0.385. The lowest BCUT2D eigenvalue weighted by Crippen LogP contribution is -2.21. The SMILES string of the molecule is COc1cc(NC(=O)COC(=O)c2ccc3c(c2)CCCC3)c(C)cc1[N+](=O)[O-]. The number of rotatable bonds is 6. The van der Waals surface area contributed by atoms with E-state index in [1.165, 1.54) is 24.8 Å². The van der Waals surface area contributed by atoms with Gasteiger partial charge in [-0.2, -0.15) is 0 Å². The number of anilines is 1. The number of aryl methyl sites for hydroxylation is 3. The molecule has 2 aromatic rings. The quantitative estimate of drug-likeness (QED) is 0.453. The number of methoxy groups -OCH3 is 1. The molecule has 0 fully saturated rings. The fourth-order valence-electron chi connectivity index (χ4n) is 3.37. The Morgan fingerprint density at radius 2 is 1.86 bits per heavy atom. The number of nitrogens with one attached hydrogen (secondary N) is 1. The minimum Gasteiger partial charge on any atom is -0.490 e. The molecule has 29 heavy (non-hydrogen) atoms. The first kappa shape index (κ1) is 20.3. The molecular formula is C21H22N2O6. The van der Waals surface area contributed by atoms with Crippen molar-refractivity contribution in [3.05, 3.63) is 62.7 Å². The number of fused-ring (bicyclic) bond motifs is 1. The minimum atomic E-state index is -0.563. The smallest absolute Gasteiger partial charge is 0.338 e. The number of ether oxygens (including phenoxy) is 2. The molecule has 0 radical (unpaired) electrons. The molecule has 0 bridgehead atoms. The number of nitro groups is 1. The van der Waals surface area contributed by atoms with Crippen LogP contribution in [0.5, 0.6) is 5.75 Å². The Morgan fingerprint density at radius 1 is 1.14 bits per heavy atom. The number of benzene rings is 2. The van der Waals surface area contributed by atoms with Crippen molar-refractivity contribution >= 4 is 23.3 Å². The van der Waals surface area contributed by atoms with Gasteiger partial charge in [-0.3, -0.25) is 14.9 Å². The molecule has 1 aliphatic carbocycles. The van der Waals surface area contributed by atoms with Crippen LogP contribution in [0.4, 0.5) is 11.4 Å². The molecule has 1 aliphatic rings. The molecule has 0 aromatic heterocycles. The lowest BCUT2D eigenvalue weighted by atomic mass is 9.90. The molecule has 3 rings (SSSR count). The molecular weight excluding hydrogens is 376 g/mol. The number of hydrogen-bond donors (Lipinski definition) is 1. The van der Waals surface area contributed by atoms with Crippen molar-refractivity contribution in [3.63, 3.8) is 0 Å². The van der Waals surface area contributed by atoms with E-state index < -0.39 is 23.4 Å². The van der Waals surface area contributed by atoms with Crippen molar-refractivity contribution in [2.45, 2.75) is 32.6 Å². The predicted octanol–water partition coefficient (Wildman–Crippen LogP) is 3.59. The van der Waals surface area contributed by atoms with Gasteiger partial charge in [0, 0.05) is 17.8 Å². The summed E-state index contributed by atoms with van der Waals surface area (Å²) in [5.74, 6) is -1.08. The van der Waals surface area contributed by atoms with E-state index in [1.807, 2.05) is 12.1 Å². The summed E-state index contributed by atoms with van der Waals surface area (Å²) in [7, 11) is 1.31. The van der Waals surface area contributed by atoms with E-state index in [0.717, 1.165) is 31.2 Å². The van der Waals surface area contributed by atoms with Crippen LogP contribution in [-0.2, 0) is 22.4 Å². The summed E-state index contributed by atoms with van der Waals surface area (Å²) in [4.78, 5) is 35.0. The highest BCUT2D eigenvalue weighted by Crippen LogP contribution is 2.32. The zero-order valence-corrected chi connectivity index (χ0v) is 16.3. The van der Waals surface area contributed by atoms with Crippen LogP contribution in [0.1, 0.15) is 39.9 Å². The van der Waals surface area contributed by atoms with E-state index in [4.69, 9.17) is 9.47 Å². The van der Waals surface area contributed by atoms with Gasteiger partial charge in [-0.05, 0) is 61.4 Å². The van der Waals surface area contributed by atoms with Crippen LogP contribution in [0.25, 0.3) is 0 Å². The van der Waals surface area contributed by atoms with Gasteiger partial charge < -0.3 is 14.8 Å². The van der Waals surface area contributed by atoms with Crippen LogP contribution in [0, 0.1) is 17.0 Å². The maximum absolute atomic E-state index is 12.3. The molecule has 0 atom stereocenters. The van der Waals surface area contributed by atoms with E-state index in [0.29, 0.717) is 16.8 Å². The lowest BCUT2D eigenvalue weighted by Gasteiger charge is -2.16. The molecule has 0 aliphatic heterocycles. The molecule has 0 spiro atoms. The maximum atomic E-state index is 12.3. The topological polar surface area (TPSA) is 108 Å². The first-order chi connectivity index (χ1) is 13.9. The summed E-state index contributed by atoms with van der Waals surface area (Å²) in [5.41, 5.74) is 3.49. The van der Waals surface area contributed by atoms with Gasteiger partial charge >= 0.3 is 11.7 Å². The largest absolute Gasteiger partial charge is 0.490 e. The van der Waals surface area contributed by atoms with Crippen molar-refractivity contribution in [2.75, 3.05) is 19.0 Å². The normalized spacial score (nSPS) is 12.6. The zero-order valence-electron chi connectivity index (χ0n) is 16.3. The van der Waals surface area contributed by atoms with Gasteiger partial charge in [0.1, 0.15) is 0 Å². The third-order valence-electron chi connectivity index (χ3n) is 4.92. The van der Waals surface area contributed by atoms with E-state index >= 15 is 0 Å². The summed E-state index contributed by atoms with van der Waals surface area (Å²) in [6.07, 6.45) is 4.22. The molecule has 1 amide bonds. The highest BCUT2D eigenvalue weighted by molar-refractivity contribution is 5.96. The third-order valence-corrected chi connectivity index (χ3v) is 4.92. The van der Waals surface area contributed by atoms with Crippen LogP contribution >= 0.6 is 0 Å². The highest BCUT2D eigenvalue weighted by atomic mass is 16.6. The molecule has 0 unspecified atom stereocenters. The van der Waals surface area contributed by atoms with Crippen molar-refractivity contribution in [1.29, 1.82) is 0 Å². The predicted molar refractivity (Wildman–Crippen MR) is 106 cm³/mol. The van der Waals surface area contributed by atoms with Crippen molar-refractivity contribution < 1.29 is 24.0 Å². The Morgan fingerprint density at radius 3 is 2.55 bits per heavy atom. The Bertz CT molecular complexity index is 970. The molecule has 2 aromatic carbocycles. The molecule has 0 saturated heterocycles. The molecule has 0 saturated carbocycles. The van der Waals surface area contributed by atoms with Gasteiger partial charge in [0.25, 0.3) is 5.91 Å². The molecule has 152 valence electrons. The van der Waals surface area contributed by atoms with Crippen molar-refractivity contribution in [2.24, 2.45) is 0 Å². The molecule has 1 N–H and O–H groups in total. The Kier molecular flexibility index (Phi) is 6.11. The standard InChI is InChI=1S/C21H22N2O6/c1-13-9-18(23(26)27)19(28-2)11-17(13)22-20(24)12-29-21(25)16-8-7-14-5-3-4-6-15(14)10-16/h7-11H,3-6,12H2,1-2H3,(H,22,24). The van der Waals surface area contributed by atoms with Gasteiger partial charge in [-0.15, -0.1) is 0 Å². The van der Waals surface area contributed by atoms with E-state index in [2.05, 4.69) is 5.32 Å². The van der Waals surface area contributed by atoms with Gasteiger partial charge in [0.2, 0.25) is 0 Å². The van der Waals surface area contributed by atoms with Crippen LogP contribution in [0.15, 0.2) is 30.3 Å². The number of carbonyl (C=O) groups is 2. The Hall–Kier alpha value is -3.42. The van der Waals surface area contributed by atoms with Crippen LogP contribution in [0.2, 0.25) is 0 Å². The van der Waals surface area contributed by atoms with E-state index in [-0.39, 0.29) is 11.4 Å². The first-order valence-corrected chi connectivity index (χ1v) is 9.31. The van der Waals surface area contributed by atoms with Gasteiger partial charge in [0.05, 0.1) is 17.6 Å². The molecule has 8 heteroatoms. The zero-order chi connectivity index (χ0) is 21.0.